The van der Waals surface area contributed by atoms with Crippen LogP contribution in [0.3, 0.4) is 0 Å². The van der Waals surface area contributed by atoms with Crippen LogP contribution in [0.5, 0.6) is 0 Å². The molecule has 5 heteroatoms. The van der Waals surface area contributed by atoms with Gasteiger partial charge in [0.1, 0.15) is 0 Å². The number of nitrogens with zero attached hydrogens (tertiary/aromatic N) is 2. The normalized spacial score (nSPS) is 9.31. The summed E-state index contributed by atoms with van der Waals surface area (Å²) in [6.07, 6.45) is 3.04. The Kier molecular flexibility index (Phi) is 3.57. The quantitative estimate of drug-likeness (QED) is 0.863. The molecule has 0 aromatic carbocycles. The van der Waals surface area contributed by atoms with Gasteiger partial charge in [-0.3, -0.25) is 4.79 Å². The maximum Gasteiger partial charge on any atom is 0.289 e. The van der Waals surface area contributed by atoms with Crippen LogP contribution in [0.25, 0.3) is 0 Å². The SMILES string of the molecule is C=C(Br)CNC(=O)c1ncccn1. The lowest BCUT2D eigenvalue weighted by molar-refractivity contribution is 0.0947. The van der Waals surface area contributed by atoms with Gasteiger partial charge in [0.05, 0.1) is 0 Å². The summed E-state index contributed by atoms with van der Waals surface area (Å²) in [7, 11) is 0. The van der Waals surface area contributed by atoms with E-state index in [1.807, 2.05) is 0 Å². The van der Waals surface area contributed by atoms with Gasteiger partial charge in [-0.1, -0.05) is 22.5 Å². The molecule has 0 bridgehead atoms. The number of aromatic nitrogens is 2. The molecule has 1 heterocycles. The Hall–Kier alpha value is -1.23. The van der Waals surface area contributed by atoms with Crippen molar-refractivity contribution in [1.29, 1.82) is 0 Å². The van der Waals surface area contributed by atoms with E-state index in [1.165, 1.54) is 12.4 Å². The zero-order chi connectivity index (χ0) is 9.68. The van der Waals surface area contributed by atoms with Crippen molar-refractivity contribution in [3.63, 3.8) is 0 Å². The largest absolute Gasteiger partial charge is 0.345 e. The Morgan fingerprint density at radius 2 is 2.15 bits per heavy atom. The number of nitrogens with one attached hydrogen (secondary N) is 1. The second kappa shape index (κ2) is 4.71. The van der Waals surface area contributed by atoms with Crippen molar-refractivity contribution in [2.45, 2.75) is 0 Å². The molecular weight excluding hydrogens is 234 g/mol. The average molecular weight is 242 g/mol. The molecule has 0 fully saturated rings. The zero-order valence-electron chi connectivity index (χ0n) is 6.83. The van der Waals surface area contributed by atoms with Gasteiger partial charge in [-0.2, -0.15) is 0 Å². The molecule has 68 valence electrons. The highest BCUT2D eigenvalue weighted by Gasteiger charge is 2.06. The molecule has 13 heavy (non-hydrogen) atoms. The summed E-state index contributed by atoms with van der Waals surface area (Å²) >= 11 is 3.13. The van der Waals surface area contributed by atoms with Gasteiger partial charge in [-0.15, -0.1) is 0 Å². The number of hydrogen-bond donors (Lipinski definition) is 1. The van der Waals surface area contributed by atoms with E-state index in [-0.39, 0.29) is 11.7 Å². The fraction of sp³-hybridized carbons (Fsp3) is 0.125. The van der Waals surface area contributed by atoms with Crippen molar-refractivity contribution in [3.8, 4) is 0 Å². The van der Waals surface area contributed by atoms with Gasteiger partial charge in [0.15, 0.2) is 0 Å². The van der Waals surface area contributed by atoms with Crippen LogP contribution in [0.4, 0.5) is 0 Å². The topological polar surface area (TPSA) is 54.9 Å². The first-order chi connectivity index (χ1) is 6.20. The first-order valence-corrected chi connectivity index (χ1v) is 4.38. The van der Waals surface area contributed by atoms with Crippen LogP contribution < -0.4 is 5.32 Å². The minimum atomic E-state index is -0.304. The van der Waals surface area contributed by atoms with E-state index >= 15 is 0 Å². The third-order valence-corrected chi connectivity index (χ3v) is 1.49. The van der Waals surface area contributed by atoms with Gasteiger partial charge in [0, 0.05) is 23.4 Å². The van der Waals surface area contributed by atoms with Gasteiger partial charge in [0.25, 0.3) is 5.91 Å². The maximum absolute atomic E-state index is 11.3. The van der Waals surface area contributed by atoms with Crippen molar-refractivity contribution in [1.82, 2.24) is 15.3 Å². The maximum atomic E-state index is 11.3. The summed E-state index contributed by atoms with van der Waals surface area (Å²) in [5.41, 5.74) is 0. The highest BCUT2D eigenvalue weighted by molar-refractivity contribution is 9.11. The molecule has 0 saturated carbocycles. The predicted octanol–water partition coefficient (Wildman–Crippen LogP) is 1.11. The lowest BCUT2D eigenvalue weighted by Gasteiger charge is -2.00. The molecule has 0 aliphatic rings. The van der Waals surface area contributed by atoms with Crippen LogP contribution in [0.2, 0.25) is 0 Å². The number of amides is 1. The number of carbonyl (C=O) groups excluding carboxylic acids is 1. The van der Waals surface area contributed by atoms with Crippen LogP contribution in [0, 0.1) is 0 Å². The zero-order valence-corrected chi connectivity index (χ0v) is 8.41. The molecule has 0 aliphatic carbocycles. The van der Waals surface area contributed by atoms with Gasteiger partial charge >= 0.3 is 0 Å². The smallest absolute Gasteiger partial charge is 0.289 e. The Balaban J connectivity index is 2.54. The van der Waals surface area contributed by atoms with E-state index < -0.39 is 0 Å². The molecule has 1 aromatic heterocycles. The van der Waals surface area contributed by atoms with E-state index in [0.29, 0.717) is 11.0 Å². The average Bonchev–Trinajstić information content (AvgIpc) is 2.15. The summed E-state index contributed by atoms with van der Waals surface area (Å²) in [4.78, 5) is 18.8. The molecule has 0 saturated heterocycles. The van der Waals surface area contributed by atoms with E-state index in [2.05, 4.69) is 37.8 Å². The fourth-order valence-corrected chi connectivity index (χ4v) is 0.812. The van der Waals surface area contributed by atoms with Crippen LogP contribution in [-0.2, 0) is 0 Å². The molecule has 0 aliphatic heterocycles. The standard InChI is InChI=1S/C8H8BrN3O/c1-6(9)5-12-8(13)7-10-3-2-4-11-7/h2-4H,1,5H2,(H,12,13). The lowest BCUT2D eigenvalue weighted by atomic mass is 10.5. The number of carbonyl (C=O) groups is 1. The van der Waals surface area contributed by atoms with Crippen molar-refractivity contribution < 1.29 is 4.79 Å². The summed E-state index contributed by atoms with van der Waals surface area (Å²) in [5.74, 6) is -0.141. The lowest BCUT2D eigenvalue weighted by Crippen LogP contribution is -2.26. The summed E-state index contributed by atoms with van der Waals surface area (Å²) < 4.78 is 0.705. The monoisotopic (exact) mass is 241 g/mol. The van der Waals surface area contributed by atoms with Gasteiger partial charge < -0.3 is 5.32 Å². The molecule has 1 aromatic rings. The first kappa shape index (κ1) is 9.85. The Labute approximate surface area is 84.2 Å². The third kappa shape index (κ3) is 3.33. The Bertz CT molecular complexity index is 312. The number of halogens is 1. The summed E-state index contributed by atoms with van der Waals surface area (Å²) in [5, 5.41) is 2.59. The molecular formula is C8H8BrN3O. The highest BCUT2D eigenvalue weighted by Crippen LogP contribution is 1.97. The summed E-state index contributed by atoms with van der Waals surface area (Å²) in [6, 6.07) is 1.65. The first-order valence-electron chi connectivity index (χ1n) is 3.58. The molecule has 0 radical (unpaired) electrons. The van der Waals surface area contributed by atoms with E-state index in [4.69, 9.17) is 0 Å². The number of rotatable bonds is 3. The molecule has 0 spiro atoms. The van der Waals surface area contributed by atoms with Crippen LogP contribution in [-0.4, -0.2) is 22.4 Å². The summed E-state index contributed by atoms with van der Waals surface area (Å²) in [6.45, 7) is 3.95. The second-order valence-electron chi connectivity index (χ2n) is 2.27. The van der Waals surface area contributed by atoms with Crippen molar-refractivity contribution in [2.75, 3.05) is 6.54 Å². The Morgan fingerprint density at radius 3 is 2.69 bits per heavy atom. The van der Waals surface area contributed by atoms with Crippen LogP contribution >= 0.6 is 15.9 Å². The minimum Gasteiger partial charge on any atom is -0.345 e. The van der Waals surface area contributed by atoms with Crippen molar-refractivity contribution >= 4 is 21.8 Å². The van der Waals surface area contributed by atoms with Gasteiger partial charge in [-0.05, 0) is 6.07 Å². The van der Waals surface area contributed by atoms with E-state index in [1.54, 1.807) is 6.07 Å². The van der Waals surface area contributed by atoms with E-state index in [9.17, 15) is 4.79 Å². The van der Waals surface area contributed by atoms with Gasteiger partial charge in [-0.25, -0.2) is 9.97 Å². The molecule has 1 rings (SSSR count). The van der Waals surface area contributed by atoms with Crippen LogP contribution in [0.15, 0.2) is 29.5 Å². The molecule has 0 atom stereocenters. The highest BCUT2D eigenvalue weighted by atomic mass is 79.9. The molecule has 4 nitrogen and oxygen atoms in total. The molecule has 0 unspecified atom stereocenters. The predicted molar refractivity (Wildman–Crippen MR) is 52.4 cm³/mol. The van der Waals surface area contributed by atoms with E-state index in [0.717, 1.165) is 0 Å². The molecule has 1 amide bonds. The molecule has 1 N–H and O–H groups in total. The van der Waals surface area contributed by atoms with Gasteiger partial charge in [0.2, 0.25) is 5.82 Å². The Morgan fingerprint density at radius 1 is 1.54 bits per heavy atom. The fourth-order valence-electron chi connectivity index (χ4n) is 0.672. The minimum absolute atomic E-state index is 0.163. The second-order valence-corrected chi connectivity index (χ2v) is 3.39. The van der Waals surface area contributed by atoms with Crippen LogP contribution in [0.1, 0.15) is 10.6 Å². The van der Waals surface area contributed by atoms with Crippen molar-refractivity contribution in [3.05, 3.63) is 35.3 Å². The third-order valence-electron chi connectivity index (χ3n) is 1.21. The number of hydrogen-bond acceptors (Lipinski definition) is 3. The van der Waals surface area contributed by atoms with Crippen molar-refractivity contribution in [2.24, 2.45) is 0 Å².